The van der Waals surface area contributed by atoms with E-state index in [9.17, 15) is 4.79 Å². The van der Waals surface area contributed by atoms with Gasteiger partial charge in [-0.1, -0.05) is 18.2 Å². The number of nitrogens with one attached hydrogen (secondary N) is 1. The summed E-state index contributed by atoms with van der Waals surface area (Å²) in [4.78, 5) is 14.6. The summed E-state index contributed by atoms with van der Waals surface area (Å²) in [6.45, 7) is 1.93. The third kappa shape index (κ3) is 3.15. The minimum atomic E-state index is -0.152. The van der Waals surface area contributed by atoms with E-state index in [4.69, 9.17) is 0 Å². The van der Waals surface area contributed by atoms with Crippen LogP contribution in [0.1, 0.15) is 15.9 Å². The van der Waals surface area contributed by atoms with Crippen molar-refractivity contribution in [3.63, 3.8) is 0 Å². The second-order valence-electron chi connectivity index (χ2n) is 5.82. The minimum absolute atomic E-state index is 0.152. The maximum Gasteiger partial charge on any atom is 0.256 e. The van der Waals surface area contributed by atoms with Crippen LogP contribution in [0.15, 0.2) is 60.8 Å². The summed E-state index contributed by atoms with van der Waals surface area (Å²) in [5, 5.41) is 7.34. The Bertz CT molecular complexity index is 836. The Balaban J connectivity index is 1.86. The van der Waals surface area contributed by atoms with Crippen LogP contribution in [0.3, 0.4) is 0 Å². The van der Waals surface area contributed by atoms with Crippen LogP contribution in [0.4, 0.5) is 11.5 Å². The molecule has 0 fully saturated rings. The number of rotatable bonds is 4. The Kier molecular flexibility index (Phi) is 4.33. The Morgan fingerprint density at radius 1 is 1.04 bits per heavy atom. The van der Waals surface area contributed by atoms with Crippen LogP contribution in [0.5, 0.6) is 0 Å². The van der Waals surface area contributed by atoms with Crippen LogP contribution in [-0.2, 0) is 0 Å². The fraction of sp³-hybridized carbons (Fsp3) is 0.158. The molecule has 0 bridgehead atoms. The van der Waals surface area contributed by atoms with Gasteiger partial charge in [0.1, 0.15) is 5.82 Å². The van der Waals surface area contributed by atoms with Crippen molar-refractivity contribution in [2.75, 3.05) is 24.3 Å². The van der Waals surface area contributed by atoms with E-state index in [1.165, 1.54) is 0 Å². The quantitative estimate of drug-likeness (QED) is 0.800. The van der Waals surface area contributed by atoms with Crippen molar-refractivity contribution in [3.05, 3.63) is 71.9 Å². The maximum atomic E-state index is 12.6. The van der Waals surface area contributed by atoms with Gasteiger partial charge in [-0.2, -0.15) is 5.10 Å². The highest BCUT2D eigenvalue weighted by molar-refractivity contribution is 6.04. The first-order valence-corrected chi connectivity index (χ1v) is 7.75. The molecule has 1 aromatic heterocycles. The lowest BCUT2D eigenvalue weighted by molar-refractivity contribution is 0.102. The lowest BCUT2D eigenvalue weighted by Gasteiger charge is -2.13. The predicted molar refractivity (Wildman–Crippen MR) is 97.0 cm³/mol. The predicted octanol–water partition coefficient (Wildman–Crippen LogP) is 3.50. The van der Waals surface area contributed by atoms with Crippen molar-refractivity contribution < 1.29 is 4.79 Å². The number of para-hydroxylation sites is 1. The van der Waals surface area contributed by atoms with Crippen LogP contribution in [-0.4, -0.2) is 29.8 Å². The van der Waals surface area contributed by atoms with E-state index in [0.29, 0.717) is 11.4 Å². The highest BCUT2D eigenvalue weighted by Crippen LogP contribution is 2.20. The van der Waals surface area contributed by atoms with Crippen LogP contribution in [0, 0.1) is 6.92 Å². The first-order valence-electron chi connectivity index (χ1n) is 7.75. The molecule has 3 aromatic rings. The van der Waals surface area contributed by atoms with Crippen molar-refractivity contribution in [2.24, 2.45) is 0 Å². The SMILES string of the molecule is Cc1cnn(-c2ccccc2)c1NC(=O)c1ccc(N(C)C)cc1. The minimum Gasteiger partial charge on any atom is -0.378 e. The molecule has 5 nitrogen and oxygen atoms in total. The van der Waals surface area contributed by atoms with Crippen molar-refractivity contribution in [1.82, 2.24) is 9.78 Å². The molecular weight excluding hydrogens is 300 g/mol. The largest absolute Gasteiger partial charge is 0.378 e. The van der Waals surface area contributed by atoms with Gasteiger partial charge >= 0.3 is 0 Å². The first kappa shape index (κ1) is 15.8. The Labute approximate surface area is 141 Å². The standard InChI is InChI=1S/C19H20N4O/c1-14-13-20-23(17-7-5-4-6-8-17)18(14)21-19(24)15-9-11-16(12-10-15)22(2)3/h4-13H,1-3H3,(H,21,24). The number of aryl methyl sites for hydroxylation is 1. The normalized spacial score (nSPS) is 10.5. The van der Waals surface area contributed by atoms with Gasteiger partial charge in [-0.25, -0.2) is 4.68 Å². The van der Waals surface area contributed by atoms with E-state index < -0.39 is 0 Å². The first-order chi connectivity index (χ1) is 11.6. The molecule has 0 radical (unpaired) electrons. The molecule has 122 valence electrons. The monoisotopic (exact) mass is 320 g/mol. The van der Waals surface area contributed by atoms with Gasteiger partial charge in [0.05, 0.1) is 11.9 Å². The zero-order valence-electron chi connectivity index (χ0n) is 14.0. The lowest BCUT2D eigenvalue weighted by atomic mass is 10.2. The fourth-order valence-corrected chi connectivity index (χ4v) is 2.44. The molecule has 0 atom stereocenters. The Hall–Kier alpha value is -3.08. The topological polar surface area (TPSA) is 50.2 Å². The summed E-state index contributed by atoms with van der Waals surface area (Å²) >= 11 is 0. The van der Waals surface area contributed by atoms with E-state index in [1.54, 1.807) is 10.9 Å². The molecule has 0 spiro atoms. The average molecular weight is 320 g/mol. The highest BCUT2D eigenvalue weighted by Gasteiger charge is 2.14. The van der Waals surface area contributed by atoms with Crippen LogP contribution < -0.4 is 10.2 Å². The second kappa shape index (κ2) is 6.58. The summed E-state index contributed by atoms with van der Waals surface area (Å²) < 4.78 is 1.74. The molecule has 2 aromatic carbocycles. The van der Waals surface area contributed by atoms with Crippen LogP contribution >= 0.6 is 0 Å². The molecule has 5 heteroatoms. The number of hydrogen-bond acceptors (Lipinski definition) is 3. The van der Waals surface area contributed by atoms with Crippen molar-refractivity contribution in [2.45, 2.75) is 6.92 Å². The number of aromatic nitrogens is 2. The van der Waals surface area contributed by atoms with Crippen LogP contribution in [0.25, 0.3) is 5.69 Å². The number of benzene rings is 2. The third-order valence-electron chi connectivity index (χ3n) is 3.83. The molecule has 0 saturated heterocycles. The molecule has 0 unspecified atom stereocenters. The van der Waals surface area contributed by atoms with Gasteiger partial charge < -0.3 is 10.2 Å². The molecule has 0 saturated carbocycles. The van der Waals surface area contributed by atoms with Crippen molar-refractivity contribution in [1.29, 1.82) is 0 Å². The Morgan fingerprint density at radius 2 is 1.71 bits per heavy atom. The number of carbonyl (C=O) groups excluding carboxylic acids is 1. The molecular formula is C19H20N4O. The molecule has 24 heavy (non-hydrogen) atoms. The average Bonchev–Trinajstić information content (AvgIpc) is 2.96. The second-order valence-corrected chi connectivity index (χ2v) is 5.82. The molecule has 1 amide bonds. The summed E-state index contributed by atoms with van der Waals surface area (Å²) in [5.41, 5.74) is 3.49. The van der Waals surface area contributed by atoms with E-state index in [-0.39, 0.29) is 5.91 Å². The van der Waals surface area contributed by atoms with Crippen LogP contribution in [0.2, 0.25) is 0 Å². The van der Waals surface area contributed by atoms with Gasteiger partial charge in [0, 0.05) is 30.9 Å². The smallest absolute Gasteiger partial charge is 0.256 e. The summed E-state index contributed by atoms with van der Waals surface area (Å²) in [6, 6.07) is 17.2. The summed E-state index contributed by atoms with van der Waals surface area (Å²) in [7, 11) is 3.94. The molecule has 0 aliphatic heterocycles. The van der Waals surface area contributed by atoms with Crippen molar-refractivity contribution >= 4 is 17.4 Å². The van der Waals surface area contributed by atoms with Gasteiger partial charge in [0.25, 0.3) is 5.91 Å². The van der Waals surface area contributed by atoms with E-state index in [1.807, 2.05) is 80.5 Å². The van der Waals surface area contributed by atoms with E-state index >= 15 is 0 Å². The number of amides is 1. The summed E-state index contributed by atoms with van der Waals surface area (Å²) in [5.74, 6) is 0.531. The van der Waals surface area contributed by atoms with Crippen molar-refractivity contribution in [3.8, 4) is 5.69 Å². The highest BCUT2D eigenvalue weighted by atomic mass is 16.1. The zero-order valence-corrected chi connectivity index (χ0v) is 14.0. The Morgan fingerprint density at radius 3 is 2.33 bits per heavy atom. The molecule has 0 aliphatic rings. The number of anilines is 2. The number of nitrogens with zero attached hydrogens (tertiary/aromatic N) is 3. The number of carbonyl (C=O) groups is 1. The molecule has 1 N–H and O–H groups in total. The van der Waals surface area contributed by atoms with Gasteiger partial charge in [-0.3, -0.25) is 4.79 Å². The third-order valence-corrected chi connectivity index (χ3v) is 3.83. The van der Waals surface area contributed by atoms with E-state index in [2.05, 4.69) is 10.4 Å². The maximum absolute atomic E-state index is 12.6. The fourth-order valence-electron chi connectivity index (χ4n) is 2.44. The molecule has 0 aliphatic carbocycles. The number of hydrogen-bond donors (Lipinski definition) is 1. The molecule has 3 rings (SSSR count). The van der Waals surface area contributed by atoms with Gasteiger partial charge in [-0.15, -0.1) is 0 Å². The van der Waals surface area contributed by atoms with Gasteiger partial charge in [0.2, 0.25) is 0 Å². The molecule has 1 heterocycles. The van der Waals surface area contributed by atoms with Gasteiger partial charge in [0.15, 0.2) is 0 Å². The van der Waals surface area contributed by atoms with E-state index in [0.717, 1.165) is 16.9 Å². The van der Waals surface area contributed by atoms with Gasteiger partial charge in [-0.05, 0) is 43.3 Å². The zero-order chi connectivity index (χ0) is 17.1. The summed E-state index contributed by atoms with van der Waals surface area (Å²) in [6.07, 6.45) is 1.75. The lowest BCUT2D eigenvalue weighted by Crippen LogP contribution is -2.16.